The molecule has 6 heteroatoms. The third-order valence-corrected chi connectivity index (χ3v) is 9.52. The van der Waals surface area contributed by atoms with Crippen LogP contribution >= 0.6 is 0 Å². The normalized spacial score (nSPS) is 10.8. The van der Waals surface area contributed by atoms with Gasteiger partial charge in [-0.1, -0.05) is 72.6 Å². The van der Waals surface area contributed by atoms with Crippen LogP contribution in [0.15, 0.2) is 164 Å². The van der Waals surface area contributed by atoms with Crippen molar-refractivity contribution in [2.75, 3.05) is 0 Å². The van der Waals surface area contributed by atoms with E-state index in [0.29, 0.717) is 0 Å². The van der Waals surface area contributed by atoms with Crippen LogP contribution in [0.4, 0.5) is 0 Å². The molecule has 0 radical (unpaired) electrons. The SMILES string of the molecule is Cn1ccnc1-c1[c-]cc(CCc2cccc(CCc3ccc(-c4[c-]cccc4)nc3)c2)cc1.[Ir+3].[c-]1cccc2c3ccccc3n(-c3ccccn3)c12. The molecular weight excluding hydrogens is 839 g/mol. The predicted octanol–water partition coefficient (Wildman–Crippen LogP) is 10.3. The number of aryl methyl sites for hydroxylation is 5. The zero-order valence-electron chi connectivity index (χ0n) is 30.0. The molecule has 9 aromatic rings. The minimum Gasteiger partial charge on any atom is -0.373 e. The Morgan fingerprint density at radius 2 is 1.31 bits per heavy atom. The van der Waals surface area contributed by atoms with Gasteiger partial charge in [0.05, 0.1) is 5.82 Å². The fourth-order valence-corrected chi connectivity index (χ4v) is 6.75. The van der Waals surface area contributed by atoms with Crippen molar-refractivity contribution in [3.05, 3.63) is 205 Å². The predicted molar refractivity (Wildman–Crippen MR) is 215 cm³/mol. The maximum Gasteiger partial charge on any atom is 3.00 e. The summed E-state index contributed by atoms with van der Waals surface area (Å²) < 4.78 is 4.17. The Morgan fingerprint density at radius 1 is 0.556 bits per heavy atom. The second-order valence-corrected chi connectivity index (χ2v) is 13.1. The number of imidazole rings is 1. The van der Waals surface area contributed by atoms with E-state index in [1.54, 1.807) is 0 Å². The Kier molecular flexibility index (Phi) is 11.6. The number of hydrogen-bond acceptors (Lipinski definition) is 3. The Hall–Kier alpha value is -5.94. The van der Waals surface area contributed by atoms with Crippen LogP contribution in [0.3, 0.4) is 0 Å². The standard InChI is InChI=1S/C31H27N3.C17H11N2.Ir/c1-34-21-20-32-31(34)29-17-14-24(15-18-29)10-11-25-6-5-7-26(22-25)12-13-27-16-19-30(33-23-27)28-8-3-2-4-9-28;1-3-9-15-13(7-1)14-8-2-4-10-16(14)19(15)17-11-5-6-12-18-17;/h2-8,14-17,19-23H,10-13H2,1H3;1-9,11-12H;/q-2;-1;+3. The number of fused-ring (bicyclic) bond motifs is 3. The number of pyridine rings is 2. The molecule has 0 saturated heterocycles. The molecule has 0 fully saturated rings. The maximum absolute atomic E-state index is 4.63. The Balaban J connectivity index is 0.000000190. The molecule has 5 nitrogen and oxygen atoms in total. The van der Waals surface area contributed by atoms with E-state index in [4.69, 9.17) is 0 Å². The molecule has 0 spiro atoms. The minimum absolute atomic E-state index is 0. The van der Waals surface area contributed by atoms with Crippen molar-refractivity contribution in [3.63, 3.8) is 0 Å². The molecule has 0 bridgehead atoms. The Labute approximate surface area is 330 Å². The van der Waals surface area contributed by atoms with E-state index in [2.05, 4.69) is 123 Å². The first kappa shape index (κ1) is 36.4. The summed E-state index contributed by atoms with van der Waals surface area (Å²) in [5, 5.41) is 2.45. The van der Waals surface area contributed by atoms with Crippen LogP contribution in [0.5, 0.6) is 0 Å². The number of para-hydroxylation sites is 2. The van der Waals surface area contributed by atoms with Crippen molar-refractivity contribution in [2.45, 2.75) is 25.7 Å². The first-order valence-electron chi connectivity index (χ1n) is 18.0. The molecule has 0 unspecified atom stereocenters. The minimum atomic E-state index is 0. The molecule has 4 heterocycles. The van der Waals surface area contributed by atoms with Crippen molar-refractivity contribution >= 4 is 21.8 Å². The van der Waals surface area contributed by atoms with Gasteiger partial charge in [-0.25, -0.2) is 4.98 Å². The smallest absolute Gasteiger partial charge is 0.373 e. The summed E-state index contributed by atoms with van der Waals surface area (Å²) in [5.41, 5.74) is 10.6. The van der Waals surface area contributed by atoms with Crippen LogP contribution in [0.2, 0.25) is 0 Å². The van der Waals surface area contributed by atoms with Crippen molar-refractivity contribution in [1.29, 1.82) is 0 Å². The van der Waals surface area contributed by atoms with E-state index >= 15 is 0 Å². The average Bonchev–Trinajstić information content (AvgIpc) is 3.81. The molecule has 5 aromatic carbocycles. The molecule has 0 N–H and O–H groups in total. The molecular formula is C48H38IrN5. The number of hydrogen-bond donors (Lipinski definition) is 0. The summed E-state index contributed by atoms with van der Waals surface area (Å²) in [4.78, 5) is 13.5. The van der Waals surface area contributed by atoms with Gasteiger partial charge in [-0.15, -0.1) is 76.7 Å². The summed E-state index contributed by atoms with van der Waals surface area (Å²) in [5.74, 6) is 1.87. The molecule has 264 valence electrons. The Morgan fingerprint density at radius 3 is 2.04 bits per heavy atom. The van der Waals surface area contributed by atoms with Gasteiger partial charge < -0.3 is 14.1 Å². The zero-order chi connectivity index (χ0) is 35.8. The average molecular weight is 877 g/mol. The van der Waals surface area contributed by atoms with E-state index in [9.17, 15) is 0 Å². The van der Waals surface area contributed by atoms with Gasteiger partial charge in [-0.05, 0) is 65.2 Å². The second-order valence-electron chi connectivity index (χ2n) is 13.1. The van der Waals surface area contributed by atoms with Gasteiger partial charge in [0, 0.05) is 37.4 Å². The van der Waals surface area contributed by atoms with Crippen LogP contribution in [-0.2, 0) is 52.8 Å². The van der Waals surface area contributed by atoms with Gasteiger partial charge in [-0.2, -0.15) is 24.3 Å². The maximum atomic E-state index is 4.63. The van der Waals surface area contributed by atoms with E-state index in [1.165, 1.54) is 38.5 Å². The molecule has 0 aliphatic carbocycles. The molecule has 0 aliphatic heterocycles. The van der Waals surface area contributed by atoms with Gasteiger partial charge in [0.1, 0.15) is 5.82 Å². The van der Waals surface area contributed by atoms with Crippen LogP contribution in [0.1, 0.15) is 22.3 Å². The van der Waals surface area contributed by atoms with E-state index in [1.807, 2.05) is 91.0 Å². The molecule has 4 aromatic heterocycles. The molecule has 0 amide bonds. The van der Waals surface area contributed by atoms with Gasteiger partial charge in [-0.3, -0.25) is 4.98 Å². The number of rotatable bonds is 9. The summed E-state index contributed by atoms with van der Waals surface area (Å²) >= 11 is 0. The second kappa shape index (κ2) is 17.3. The number of nitrogens with zero attached hydrogens (tertiary/aromatic N) is 5. The van der Waals surface area contributed by atoms with E-state index in [0.717, 1.165) is 59.7 Å². The van der Waals surface area contributed by atoms with Crippen LogP contribution in [-0.4, -0.2) is 24.1 Å². The molecule has 0 saturated carbocycles. The van der Waals surface area contributed by atoms with Crippen LogP contribution in [0, 0.1) is 18.2 Å². The van der Waals surface area contributed by atoms with Gasteiger partial charge in [0.15, 0.2) is 0 Å². The van der Waals surface area contributed by atoms with Crippen molar-refractivity contribution in [1.82, 2.24) is 24.1 Å². The molecule has 0 atom stereocenters. The van der Waals surface area contributed by atoms with Gasteiger partial charge in [0.2, 0.25) is 0 Å². The number of benzene rings is 5. The van der Waals surface area contributed by atoms with Gasteiger partial charge in [0.25, 0.3) is 0 Å². The van der Waals surface area contributed by atoms with Crippen LogP contribution in [0.25, 0.3) is 50.3 Å². The van der Waals surface area contributed by atoms with Crippen molar-refractivity contribution < 1.29 is 20.1 Å². The quantitative estimate of drug-likeness (QED) is 0.136. The summed E-state index contributed by atoms with van der Waals surface area (Å²) in [6, 6.07) is 58.0. The fourth-order valence-electron chi connectivity index (χ4n) is 6.75. The van der Waals surface area contributed by atoms with Gasteiger partial charge >= 0.3 is 20.1 Å². The summed E-state index contributed by atoms with van der Waals surface area (Å²) in [7, 11) is 2.01. The third-order valence-electron chi connectivity index (χ3n) is 9.52. The zero-order valence-corrected chi connectivity index (χ0v) is 32.4. The summed E-state index contributed by atoms with van der Waals surface area (Å²) in [6.45, 7) is 0. The molecule has 54 heavy (non-hydrogen) atoms. The summed E-state index contributed by atoms with van der Waals surface area (Å²) in [6.07, 6.45) is 11.6. The first-order chi connectivity index (χ1) is 26.2. The van der Waals surface area contributed by atoms with E-state index < -0.39 is 0 Å². The largest absolute Gasteiger partial charge is 3.00 e. The van der Waals surface area contributed by atoms with Crippen LogP contribution < -0.4 is 0 Å². The first-order valence-corrected chi connectivity index (χ1v) is 18.0. The topological polar surface area (TPSA) is 48.5 Å². The molecule has 9 rings (SSSR count). The fraction of sp³-hybridized carbons (Fsp3) is 0.104. The third kappa shape index (κ3) is 8.31. The van der Waals surface area contributed by atoms with Crippen molar-refractivity contribution in [3.8, 4) is 28.5 Å². The number of aromatic nitrogens is 5. The monoisotopic (exact) mass is 877 g/mol. The Bertz CT molecular complexity index is 2500. The molecule has 0 aliphatic rings. The van der Waals surface area contributed by atoms with E-state index in [-0.39, 0.29) is 20.1 Å². The van der Waals surface area contributed by atoms with Crippen molar-refractivity contribution in [2.24, 2.45) is 7.05 Å².